The molecular weight excluding hydrogens is 427 g/mol. The van der Waals surface area contributed by atoms with Crippen molar-refractivity contribution in [1.29, 1.82) is 0 Å². The number of nitrogens with zero attached hydrogens (tertiary/aromatic N) is 2. The van der Waals surface area contributed by atoms with E-state index in [1.54, 1.807) is 23.7 Å². The molecule has 2 rings (SSSR count). The topological polar surface area (TPSA) is 58.4 Å². The molecule has 2 N–H and O–H groups in total. The molecule has 0 aliphatic carbocycles. The molecule has 0 saturated heterocycles. The van der Waals surface area contributed by atoms with Gasteiger partial charge in [-0.25, -0.2) is 0 Å². The summed E-state index contributed by atoms with van der Waals surface area (Å²) in [5.41, 5.74) is 2.60. The molecule has 0 amide bonds. The largest absolute Gasteiger partial charge is 0.356 e. The SMILES string of the molecule is CN=C(NCCCCn1ccccc1=O)NCc1ccccc1C.I. The van der Waals surface area contributed by atoms with E-state index in [-0.39, 0.29) is 29.5 Å². The Hall–Kier alpha value is -1.83. The molecule has 0 saturated carbocycles. The number of hydrogen-bond donors (Lipinski definition) is 2. The minimum Gasteiger partial charge on any atom is -0.356 e. The molecule has 0 radical (unpaired) electrons. The summed E-state index contributed by atoms with van der Waals surface area (Å²) in [5, 5.41) is 6.64. The standard InChI is InChI=1S/C19H26N4O.HI/c1-16-9-3-4-10-17(16)15-22-19(20-2)21-12-6-8-14-23-13-7-5-11-18(23)24;/h3-5,7,9-11,13H,6,8,12,14-15H2,1-2H3,(H2,20,21,22);1H. The van der Waals surface area contributed by atoms with Crippen molar-refractivity contribution in [3.63, 3.8) is 0 Å². The van der Waals surface area contributed by atoms with Crippen molar-refractivity contribution in [2.75, 3.05) is 13.6 Å². The molecule has 0 aliphatic rings. The van der Waals surface area contributed by atoms with Gasteiger partial charge in [0, 0.05) is 38.9 Å². The van der Waals surface area contributed by atoms with Crippen LogP contribution in [0, 0.1) is 6.92 Å². The molecule has 0 unspecified atom stereocenters. The Labute approximate surface area is 166 Å². The maximum atomic E-state index is 11.6. The summed E-state index contributed by atoms with van der Waals surface area (Å²) in [4.78, 5) is 15.8. The van der Waals surface area contributed by atoms with Crippen LogP contribution in [-0.2, 0) is 13.1 Å². The van der Waals surface area contributed by atoms with Crippen molar-refractivity contribution in [2.45, 2.75) is 32.9 Å². The number of aliphatic imine (C=N–C) groups is 1. The lowest BCUT2D eigenvalue weighted by molar-refractivity contribution is 0.585. The third kappa shape index (κ3) is 7.29. The van der Waals surface area contributed by atoms with Gasteiger partial charge in [0.25, 0.3) is 0 Å². The summed E-state index contributed by atoms with van der Waals surface area (Å²) < 4.78 is 1.74. The number of benzene rings is 1. The van der Waals surface area contributed by atoms with Crippen LogP contribution in [0.1, 0.15) is 24.0 Å². The fraction of sp³-hybridized carbons (Fsp3) is 0.368. The predicted octanol–water partition coefficient (Wildman–Crippen LogP) is 2.92. The van der Waals surface area contributed by atoms with Gasteiger partial charge in [-0.15, -0.1) is 24.0 Å². The first kappa shape index (κ1) is 21.2. The first-order chi connectivity index (χ1) is 11.7. The van der Waals surface area contributed by atoms with Gasteiger partial charge in [0.2, 0.25) is 5.56 Å². The number of guanidine groups is 1. The van der Waals surface area contributed by atoms with Crippen LogP contribution in [0.5, 0.6) is 0 Å². The molecule has 0 atom stereocenters. The number of pyridine rings is 1. The molecule has 25 heavy (non-hydrogen) atoms. The number of halogens is 1. The summed E-state index contributed by atoms with van der Waals surface area (Å²) in [5.74, 6) is 0.801. The van der Waals surface area contributed by atoms with Crippen LogP contribution in [-0.4, -0.2) is 24.1 Å². The highest BCUT2D eigenvalue weighted by Crippen LogP contribution is 2.05. The third-order valence-corrected chi connectivity index (χ3v) is 3.95. The molecule has 2 aromatic rings. The van der Waals surface area contributed by atoms with E-state index in [0.717, 1.165) is 38.4 Å². The fourth-order valence-electron chi connectivity index (χ4n) is 2.47. The van der Waals surface area contributed by atoms with E-state index >= 15 is 0 Å². The third-order valence-electron chi connectivity index (χ3n) is 3.95. The minimum atomic E-state index is 0. The van der Waals surface area contributed by atoms with Crippen LogP contribution in [0.4, 0.5) is 0 Å². The Morgan fingerprint density at radius 1 is 1.08 bits per heavy atom. The van der Waals surface area contributed by atoms with Crippen molar-refractivity contribution in [2.24, 2.45) is 4.99 Å². The van der Waals surface area contributed by atoms with Gasteiger partial charge in [-0.3, -0.25) is 9.79 Å². The molecular formula is C19H27IN4O. The van der Waals surface area contributed by atoms with Crippen LogP contribution >= 0.6 is 24.0 Å². The van der Waals surface area contributed by atoms with E-state index in [9.17, 15) is 4.79 Å². The van der Waals surface area contributed by atoms with E-state index in [2.05, 4.69) is 34.7 Å². The summed E-state index contributed by atoms with van der Waals surface area (Å²) in [7, 11) is 1.77. The zero-order valence-electron chi connectivity index (χ0n) is 14.9. The zero-order chi connectivity index (χ0) is 17.2. The maximum Gasteiger partial charge on any atom is 0.250 e. The number of nitrogens with one attached hydrogen (secondary N) is 2. The first-order valence-electron chi connectivity index (χ1n) is 8.35. The van der Waals surface area contributed by atoms with Crippen LogP contribution in [0.15, 0.2) is 58.4 Å². The lowest BCUT2D eigenvalue weighted by atomic mass is 10.1. The van der Waals surface area contributed by atoms with E-state index in [4.69, 9.17) is 0 Å². The summed E-state index contributed by atoms with van der Waals surface area (Å²) in [6.45, 7) is 4.44. The Bertz CT molecular complexity index is 727. The highest BCUT2D eigenvalue weighted by molar-refractivity contribution is 14.0. The molecule has 1 aromatic heterocycles. The first-order valence-corrected chi connectivity index (χ1v) is 8.35. The molecule has 1 aromatic carbocycles. The van der Waals surface area contributed by atoms with Gasteiger partial charge in [0.05, 0.1) is 0 Å². The number of aryl methyl sites for hydroxylation is 2. The lowest BCUT2D eigenvalue weighted by Crippen LogP contribution is -2.37. The molecule has 136 valence electrons. The lowest BCUT2D eigenvalue weighted by Gasteiger charge is -2.13. The van der Waals surface area contributed by atoms with Crippen LogP contribution in [0.3, 0.4) is 0 Å². The Morgan fingerprint density at radius 2 is 1.84 bits per heavy atom. The van der Waals surface area contributed by atoms with E-state index in [1.807, 2.05) is 24.4 Å². The number of unbranched alkanes of at least 4 members (excludes halogenated alkanes) is 1. The molecule has 1 heterocycles. The van der Waals surface area contributed by atoms with Crippen molar-refractivity contribution < 1.29 is 0 Å². The van der Waals surface area contributed by atoms with Gasteiger partial charge in [-0.1, -0.05) is 30.3 Å². The smallest absolute Gasteiger partial charge is 0.250 e. The maximum absolute atomic E-state index is 11.6. The second kappa shape index (κ2) is 11.7. The average molecular weight is 454 g/mol. The number of hydrogen-bond acceptors (Lipinski definition) is 2. The van der Waals surface area contributed by atoms with Crippen molar-refractivity contribution in [1.82, 2.24) is 15.2 Å². The molecule has 0 fully saturated rings. The van der Waals surface area contributed by atoms with Gasteiger partial charge in [-0.05, 0) is 37.0 Å². The van der Waals surface area contributed by atoms with Gasteiger partial charge in [0.15, 0.2) is 5.96 Å². The van der Waals surface area contributed by atoms with E-state index < -0.39 is 0 Å². The molecule has 0 spiro atoms. The van der Waals surface area contributed by atoms with Gasteiger partial charge in [-0.2, -0.15) is 0 Å². The Balaban J connectivity index is 0.00000312. The summed E-state index contributed by atoms with van der Waals surface area (Å²) in [6.07, 6.45) is 3.76. The molecule has 5 nitrogen and oxygen atoms in total. The molecule has 6 heteroatoms. The van der Waals surface area contributed by atoms with Gasteiger partial charge < -0.3 is 15.2 Å². The second-order valence-corrected chi connectivity index (χ2v) is 5.72. The number of aromatic nitrogens is 1. The zero-order valence-corrected chi connectivity index (χ0v) is 17.2. The monoisotopic (exact) mass is 454 g/mol. The quantitative estimate of drug-likeness (QED) is 0.293. The highest BCUT2D eigenvalue weighted by atomic mass is 127. The number of rotatable bonds is 7. The predicted molar refractivity (Wildman–Crippen MR) is 115 cm³/mol. The van der Waals surface area contributed by atoms with Crippen LogP contribution in [0.2, 0.25) is 0 Å². The normalized spacial score (nSPS) is 10.9. The summed E-state index contributed by atoms with van der Waals surface area (Å²) in [6, 6.07) is 13.6. The van der Waals surface area contributed by atoms with Crippen LogP contribution < -0.4 is 16.2 Å². The Kier molecular flexibility index (Phi) is 9.91. The second-order valence-electron chi connectivity index (χ2n) is 5.72. The highest BCUT2D eigenvalue weighted by Gasteiger charge is 2.00. The molecule has 0 bridgehead atoms. The van der Waals surface area contributed by atoms with E-state index in [1.165, 1.54) is 11.1 Å². The summed E-state index contributed by atoms with van der Waals surface area (Å²) >= 11 is 0. The fourth-order valence-corrected chi connectivity index (χ4v) is 2.47. The van der Waals surface area contributed by atoms with Gasteiger partial charge in [0.1, 0.15) is 0 Å². The van der Waals surface area contributed by atoms with Gasteiger partial charge >= 0.3 is 0 Å². The van der Waals surface area contributed by atoms with Crippen molar-refractivity contribution in [3.8, 4) is 0 Å². The van der Waals surface area contributed by atoms with Crippen molar-refractivity contribution >= 4 is 29.9 Å². The van der Waals surface area contributed by atoms with Crippen molar-refractivity contribution in [3.05, 3.63) is 70.1 Å². The average Bonchev–Trinajstić information content (AvgIpc) is 2.60. The molecule has 0 aliphatic heterocycles. The minimum absolute atomic E-state index is 0. The van der Waals surface area contributed by atoms with E-state index in [0.29, 0.717) is 0 Å². The van der Waals surface area contributed by atoms with Crippen LogP contribution in [0.25, 0.3) is 0 Å². The Morgan fingerprint density at radius 3 is 2.56 bits per heavy atom.